The van der Waals surface area contributed by atoms with Crippen molar-refractivity contribution in [3.8, 4) is 5.88 Å². The molecule has 0 aromatic carbocycles. The molecular weight excluding hydrogens is 216 g/mol. The highest BCUT2D eigenvalue weighted by atomic mass is 16.5. The quantitative estimate of drug-likeness (QED) is 0.808. The first kappa shape index (κ1) is 14.0. The average molecular weight is 240 g/mol. The molecule has 0 fully saturated rings. The number of hydrogen-bond acceptors (Lipinski definition) is 4. The fourth-order valence-corrected chi connectivity index (χ4v) is 2.39. The van der Waals surface area contributed by atoms with Crippen LogP contribution in [0.4, 0.5) is 0 Å². The topological polar surface area (TPSA) is 56.3 Å². The van der Waals surface area contributed by atoms with E-state index in [0.717, 1.165) is 30.2 Å². The minimum Gasteiger partial charge on any atom is -0.481 e. The van der Waals surface area contributed by atoms with Crippen molar-refractivity contribution in [3.63, 3.8) is 0 Å². The van der Waals surface area contributed by atoms with E-state index < -0.39 is 0 Å². The zero-order chi connectivity index (χ0) is 13.0. The standard InChI is InChI=1S/C12H24N4O/c1-6-16(7-2)10(8-13)11-9(3)14-15(4)12(11)17-5/h10H,6-8,13H2,1-5H3. The van der Waals surface area contributed by atoms with Crippen LogP contribution in [0.2, 0.25) is 0 Å². The first-order chi connectivity index (χ1) is 8.10. The van der Waals surface area contributed by atoms with E-state index in [-0.39, 0.29) is 6.04 Å². The molecule has 0 aliphatic rings. The van der Waals surface area contributed by atoms with Crippen LogP contribution in [-0.4, -0.2) is 41.4 Å². The van der Waals surface area contributed by atoms with E-state index in [1.165, 1.54) is 0 Å². The summed E-state index contributed by atoms with van der Waals surface area (Å²) in [5, 5.41) is 4.41. The molecule has 1 heterocycles. The zero-order valence-corrected chi connectivity index (χ0v) is 11.5. The van der Waals surface area contributed by atoms with Crippen molar-refractivity contribution >= 4 is 0 Å². The monoisotopic (exact) mass is 240 g/mol. The lowest BCUT2D eigenvalue weighted by atomic mass is 10.1. The molecule has 0 saturated heterocycles. The number of hydrogen-bond donors (Lipinski definition) is 1. The third-order valence-electron chi connectivity index (χ3n) is 3.22. The maximum absolute atomic E-state index is 5.92. The highest BCUT2D eigenvalue weighted by Gasteiger charge is 2.25. The summed E-state index contributed by atoms with van der Waals surface area (Å²) in [5.41, 5.74) is 8.03. The summed E-state index contributed by atoms with van der Waals surface area (Å²) < 4.78 is 7.21. The second kappa shape index (κ2) is 6.02. The maximum Gasteiger partial charge on any atom is 0.216 e. The van der Waals surface area contributed by atoms with Crippen molar-refractivity contribution in [2.45, 2.75) is 26.8 Å². The second-order valence-corrected chi connectivity index (χ2v) is 4.10. The molecular formula is C12H24N4O. The van der Waals surface area contributed by atoms with Crippen molar-refractivity contribution in [3.05, 3.63) is 11.3 Å². The molecule has 1 rings (SSSR count). The van der Waals surface area contributed by atoms with Gasteiger partial charge in [0, 0.05) is 13.6 Å². The fraction of sp³-hybridized carbons (Fsp3) is 0.750. The van der Waals surface area contributed by atoms with Gasteiger partial charge in [-0.15, -0.1) is 0 Å². The van der Waals surface area contributed by atoms with Gasteiger partial charge in [0.25, 0.3) is 0 Å². The van der Waals surface area contributed by atoms with Gasteiger partial charge in [-0.2, -0.15) is 5.10 Å². The van der Waals surface area contributed by atoms with Crippen LogP contribution in [0.3, 0.4) is 0 Å². The summed E-state index contributed by atoms with van der Waals surface area (Å²) in [6.07, 6.45) is 0. The summed E-state index contributed by atoms with van der Waals surface area (Å²) in [5.74, 6) is 0.810. The summed E-state index contributed by atoms with van der Waals surface area (Å²) in [4.78, 5) is 2.33. The first-order valence-corrected chi connectivity index (χ1v) is 6.12. The molecule has 1 atom stereocenters. The van der Waals surface area contributed by atoms with Crippen molar-refractivity contribution in [2.24, 2.45) is 12.8 Å². The van der Waals surface area contributed by atoms with E-state index in [1.54, 1.807) is 11.8 Å². The molecule has 17 heavy (non-hydrogen) atoms. The smallest absolute Gasteiger partial charge is 0.216 e. The molecule has 0 saturated carbocycles. The molecule has 1 unspecified atom stereocenters. The van der Waals surface area contributed by atoms with Gasteiger partial charge in [0.05, 0.1) is 24.4 Å². The molecule has 0 amide bonds. The van der Waals surface area contributed by atoms with Crippen LogP contribution in [0.5, 0.6) is 5.88 Å². The lowest BCUT2D eigenvalue weighted by Gasteiger charge is -2.28. The number of methoxy groups -OCH3 is 1. The van der Waals surface area contributed by atoms with Gasteiger partial charge < -0.3 is 10.5 Å². The Labute approximate surface area is 104 Å². The van der Waals surface area contributed by atoms with Gasteiger partial charge in [-0.05, 0) is 20.0 Å². The lowest BCUT2D eigenvalue weighted by molar-refractivity contribution is 0.217. The number of nitrogens with zero attached hydrogens (tertiary/aromatic N) is 3. The Morgan fingerprint density at radius 3 is 2.41 bits per heavy atom. The highest BCUT2D eigenvalue weighted by Crippen LogP contribution is 2.31. The Morgan fingerprint density at radius 2 is 2.00 bits per heavy atom. The predicted molar refractivity (Wildman–Crippen MR) is 69.2 cm³/mol. The molecule has 0 bridgehead atoms. The average Bonchev–Trinajstić information content (AvgIpc) is 2.60. The Kier molecular flexibility index (Phi) is 4.96. The van der Waals surface area contributed by atoms with Crippen LogP contribution < -0.4 is 10.5 Å². The van der Waals surface area contributed by atoms with E-state index in [1.807, 2.05) is 14.0 Å². The molecule has 5 nitrogen and oxygen atoms in total. The summed E-state index contributed by atoms with van der Waals surface area (Å²) >= 11 is 0. The van der Waals surface area contributed by atoms with Gasteiger partial charge in [-0.25, -0.2) is 4.68 Å². The van der Waals surface area contributed by atoms with Crippen LogP contribution in [0.15, 0.2) is 0 Å². The summed E-state index contributed by atoms with van der Waals surface area (Å²) in [6.45, 7) is 8.80. The highest BCUT2D eigenvalue weighted by molar-refractivity contribution is 5.34. The number of rotatable bonds is 6. The molecule has 0 aliphatic carbocycles. The van der Waals surface area contributed by atoms with E-state index in [2.05, 4.69) is 23.8 Å². The summed E-state index contributed by atoms with van der Waals surface area (Å²) in [6, 6.07) is 0.175. The second-order valence-electron chi connectivity index (χ2n) is 4.10. The van der Waals surface area contributed by atoms with E-state index in [0.29, 0.717) is 6.54 Å². The van der Waals surface area contributed by atoms with Crippen molar-refractivity contribution in [1.82, 2.24) is 14.7 Å². The molecule has 1 aromatic rings. The van der Waals surface area contributed by atoms with Gasteiger partial charge >= 0.3 is 0 Å². The molecule has 0 spiro atoms. The fourth-order valence-electron chi connectivity index (χ4n) is 2.39. The number of nitrogens with two attached hydrogens (primary N) is 1. The van der Waals surface area contributed by atoms with Crippen molar-refractivity contribution in [1.29, 1.82) is 0 Å². The van der Waals surface area contributed by atoms with Crippen molar-refractivity contribution < 1.29 is 4.74 Å². The van der Waals surface area contributed by atoms with Crippen LogP contribution >= 0.6 is 0 Å². The van der Waals surface area contributed by atoms with Gasteiger partial charge in [0.2, 0.25) is 5.88 Å². The molecule has 2 N–H and O–H groups in total. The van der Waals surface area contributed by atoms with Gasteiger partial charge in [-0.1, -0.05) is 13.8 Å². The Balaban J connectivity index is 3.19. The Bertz CT molecular complexity index is 358. The third-order valence-corrected chi connectivity index (χ3v) is 3.22. The number of ether oxygens (including phenoxy) is 1. The normalized spacial score (nSPS) is 13.1. The zero-order valence-electron chi connectivity index (χ0n) is 11.5. The number of aromatic nitrogens is 2. The Hall–Kier alpha value is -1.07. The van der Waals surface area contributed by atoms with Crippen LogP contribution in [-0.2, 0) is 7.05 Å². The molecule has 0 aliphatic heterocycles. The molecule has 1 aromatic heterocycles. The third kappa shape index (κ3) is 2.61. The van der Waals surface area contributed by atoms with Crippen molar-refractivity contribution in [2.75, 3.05) is 26.7 Å². The first-order valence-electron chi connectivity index (χ1n) is 6.12. The van der Waals surface area contributed by atoms with Gasteiger partial charge in [0.15, 0.2) is 0 Å². The largest absolute Gasteiger partial charge is 0.481 e. The maximum atomic E-state index is 5.92. The number of likely N-dealkylation sites (N-methyl/N-ethyl adjacent to an activating group) is 1. The van der Waals surface area contributed by atoms with E-state index in [9.17, 15) is 0 Å². The SMILES string of the molecule is CCN(CC)C(CN)c1c(C)nn(C)c1OC. The number of aryl methyl sites for hydroxylation is 2. The van der Waals surface area contributed by atoms with Crippen LogP contribution in [0.1, 0.15) is 31.1 Å². The van der Waals surface area contributed by atoms with Gasteiger partial charge in [-0.3, -0.25) is 4.90 Å². The van der Waals surface area contributed by atoms with Gasteiger partial charge in [0.1, 0.15) is 0 Å². The van der Waals surface area contributed by atoms with Crippen LogP contribution in [0.25, 0.3) is 0 Å². The van der Waals surface area contributed by atoms with E-state index in [4.69, 9.17) is 10.5 Å². The predicted octanol–water partition coefficient (Wildman–Crippen LogP) is 1.08. The van der Waals surface area contributed by atoms with Crippen LogP contribution in [0, 0.1) is 6.92 Å². The van der Waals surface area contributed by atoms with E-state index >= 15 is 0 Å². The molecule has 98 valence electrons. The Morgan fingerprint density at radius 1 is 1.41 bits per heavy atom. The summed E-state index contributed by atoms with van der Waals surface area (Å²) in [7, 11) is 3.57. The lowest BCUT2D eigenvalue weighted by Crippen LogP contribution is -2.34. The minimum absolute atomic E-state index is 0.175. The molecule has 0 radical (unpaired) electrons. The minimum atomic E-state index is 0.175. The molecule has 5 heteroatoms.